The minimum absolute atomic E-state index is 0.0498. The summed E-state index contributed by atoms with van der Waals surface area (Å²) >= 11 is 1.65. The van der Waals surface area contributed by atoms with E-state index in [0.29, 0.717) is 28.1 Å². The molecule has 2 N–H and O–H groups in total. The molecule has 0 unspecified atom stereocenters. The highest BCUT2D eigenvalue weighted by Gasteiger charge is 2.20. The smallest absolute Gasteiger partial charge is 0.305 e. The van der Waals surface area contributed by atoms with Crippen LogP contribution in [-0.4, -0.2) is 33.7 Å². The lowest BCUT2D eigenvalue weighted by molar-refractivity contribution is -0.136. The van der Waals surface area contributed by atoms with Gasteiger partial charge in [-0.05, 0) is 32.9 Å². The van der Waals surface area contributed by atoms with Gasteiger partial charge in [0.1, 0.15) is 0 Å². The van der Waals surface area contributed by atoms with E-state index in [0.717, 1.165) is 15.3 Å². The van der Waals surface area contributed by atoms with Gasteiger partial charge in [0.05, 0.1) is 28.8 Å². The largest absolute Gasteiger partial charge is 0.481 e. The number of nitrogens with one attached hydrogen (secondary N) is 1. The first-order valence-electron chi connectivity index (χ1n) is 7.71. The Balaban J connectivity index is 2.06. The van der Waals surface area contributed by atoms with Crippen LogP contribution in [0.25, 0.3) is 22.4 Å². The molecule has 0 spiro atoms. The van der Waals surface area contributed by atoms with Crippen molar-refractivity contribution in [1.29, 1.82) is 0 Å². The van der Waals surface area contributed by atoms with Crippen LogP contribution in [0.4, 0.5) is 0 Å². The van der Waals surface area contributed by atoms with Crippen molar-refractivity contribution in [3.63, 3.8) is 0 Å². The van der Waals surface area contributed by atoms with Gasteiger partial charge >= 0.3 is 5.97 Å². The number of aryl methyl sites for hydroxylation is 3. The van der Waals surface area contributed by atoms with Gasteiger partial charge in [-0.25, -0.2) is 4.98 Å². The summed E-state index contributed by atoms with van der Waals surface area (Å²) in [5.74, 6) is -1.34. The van der Waals surface area contributed by atoms with Crippen molar-refractivity contribution in [2.45, 2.75) is 27.2 Å². The average molecular weight is 359 g/mol. The summed E-state index contributed by atoms with van der Waals surface area (Å²) in [6.45, 7) is 5.80. The first-order chi connectivity index (χ1) is 11.9. The molecule has 0 saturated heterocycles. The van der Waals surface area contributed by atoms with Crippen LogP contribution in [0.5, 0.6) is 0 Å². The molecule has 3 aromatic heterocycles. The molecule has 0 saturated carbocycles. The standard InChI is InChI=1S/C17H17N3O4S/c1-8-6-11(10(3)25-8)13-7-12(16(23)18-5-4-14(21)22)15-9(2)20-24-17(15)19-13/h6-7H,4-5H2,1-3H3,(H,18,23)(H,21,22). The number of aliphatic carboxylic acids is 1. The second-order valence-corrected chi connectivity index (χ2v) is 7.19. The second-order valence-electron chi connectivity index (χ2n) is 5.73. The molecule has 0 aliphatic carbocycles. The van der Waals surface area contributed by atoms with Crippen molar-refractivity contribution in [3.8, 4) is 11.3 Å². The maximum absolute atomic E-state index is 12.6. The highest BCUT2D eigenvalue weighted by molar-refractivity contribution is 7.12. The van der Waals surface area contributed by atoms with E-state index in [1.807, 2.05) is 19.9 Å². The normalized spacial score (nSPS) is 11.0. The number of carbonyl (C=O) groups excluding carboxylic acids is 1. The van der Waals surface area contributed by atoms with E-state index in [4.69, 9.17) is 9.63 Å². The van der Waals surface area contributed by atoms with Gasteiger partial charge in [0.2, 0.25) is 0 Å². The lowest BCUT2D eigenvalue weighted by Crippen LogP contribution is -2.26. The molecule has 0 aromatic carbocycles. The number of hydrogen-bond donors (Lipinski definition) is 2. The molecule has 7 nitrogen and oxygen atoms in total. The van der Waals surface area contributed by atoms with Crippen LogP contribution < -0.4 is 5.32 Å². The van der Waals surface area contributed by atoms with Crippen molar-refractivity contribution in [2.75, 3.05) is 6.54 Å². The summed E-state index contributed by atoms with van der Waals surface area (Å²) in [5, 5.41) is 15.8. The molecule has 8 heteroatoms. The van der Waals surface area contributed by atoms with Crippen LogP contribution in [0.15, 0.2) is 16.7 Å². The Bertz CT molecular complexity index is 974. The van der Waals surface area contributed by atoms with Crippen molar-refractivity contribution in [2.24, 2.45) is 0 Å². The van der Waals surface area contributed by atoms with Gasteiger partial charge in [-0.3, -0.25) is 9.59 Å². The topological polar surface area (TPSA) is 105 Å². The number of fused-ring (bicyclic) bond motifs is 1. The van der Waals surface area contributed by atoms with Gasteiger partial charge < -0.3 is 14.9 Å². The predicted octanol–water partition coefficient (Wildman–Crippen LogP) is 3.08. The number of aromatic nitrogens is 2. The minimum atomic E-state index is -0.966. The summed E-state index contributed by atoms with van der Waals surface area (Å²) in [7, 11) is 0. The summed E-state index contributed by atoms with van der Waals surface area (Å²) in [6.07, 6.45) is -0.141. The lowest BCUT2D eigenvalue weighted by atomic mass is 10.1. The van der Waals surface area contributed by atoms with Crippen molar-refractivity contribution in [3.05, 3.63) is 33.1 Å². The Kier molecular flexibility index (Phi) is 4.54. The number of rotatable bonds is 5. The van der Waals surface area contributed by atoms with Crippen molar-refractivity contribution < 1.29 is 19.2 Å². The lowest BCUT2D eigenvalue weighted by Gasteiger charge is -2.07. The Morgan fingerprint density at radius 1 is 1.28 bits per heavy atom. The third kappa shape index (κ3) is 3.39. The monoisotopic (exact) mass is 359 g/mol. The van der Waals surface area contributed by atoms with Crippen LogP contribution >= 0.6 is 11.3 Å². The number of carboxylic acids is 1. The average Bonchev–Trinajstić information content (AvgIpc) is 3.08. The molecule has 0 aliphatic rings. The molecular formula is C17H17N3O4S. The molecule has 130 valence electrons. The van der Waals surface area contributed by atoms with Gasteiger partial charge in [0, 0.05) is 21.9 Å². The maximum atomic E-state index is 12.6. The number of nitrogens with zero attached hydrogens (tertiary/aromatic N) is 2. The van der Waals surface area contributed by atoms with Crippen LogP contribution in [0.3, 0.4) is 0 Å². The maximum Gasteiger partial charge on any atom is 0.305 e. The van der Waals surface area contributed by atoms with Gasteiger partial charge in [-0.1, -0.05) is 5.16 Å². The number of carbonyl (C=O) groups is 2. The predicted molar refractivity (Wildman–Crippen MR) is 93.9 cm³/mol. The highest BCUT2D eigenvalue weighted by Crippen LogP contribution is 2.32. The van der Waals surface area contributed by atoms with E-state index in [1.165, 1.54) is 0 Å². The molecule has 3 rings (SSSR count). The number of hydrogen-bond acceptors (Lipinski definition) is 6. The summed E-state index contributed by atoms with van der Waals surface area (Å²) in [5.41, 5.74) is 2.82. The summed E-state index contributed by atoms with van der Waals surface area (Å²) < 4.78 is 5.26. The quantitative estimate of drug-likeness (QED) is 0.725. The highest BCUT2D eigenvalue weighted by atomic mass is 32.1. The molecule has 0 fully saturated rings. The van der Waals surface area contributed by atoms with E-state index in [9.17, 15) is 9.59 Å². The Labute approximate surface area is 147 Å². The fraction of sp³-hybridized carbons (Fsp3) is 0.294. The molecule has 0 aliphatic heterocycles. The van der Waals surface area contributed by atoms with Crippen molar-refractivity contribution >= 4 is 34.3 Å². The Morgan fingerprint density at radius 3 is 2.68 bits per heavy atom. The zero-order valence-corrected chi connectivity index (χ0v) is 14.9. The first-order valence-corrected chi connectivity index (χ1v) is 8.53. The van der Waals surface area contributed by atoms with E-state index < -0.39 is 5.97 Å². The molecule has 3 aromatic rings. The van der Waals surface area contributed by atoms with Gasteiger partial charge in [-0.15, -0.1) is 11.3 Å². The first kappa shape index (κ1) is 17.1. The SMILES string of the molecule is Cc1cc(-c2cc(C(=O)NCCC(=O)O)c3c(C)noc3n2)c(C)s1. The molecule has 0 atom stereocenters. The van der Waals surface area contributed by atoms with E-state index in [1.54, 1.807) is 24.3 Å². The number of carboxylic acid groups (broad SMARTS) is 1. The Hall–Kier alpha value is -2.74. The fourth-order valence-corrected chi connectivity index (χ4v) is 3.61. The van der Waals surface area contributed by atoms with Gasteiger partial charge in [0.25, 0.3) is 11.6 Å². The van der Waals surface area contributed by atoms with Crippen LogP contribution in [0, 0.1) is 20.8 Å². The Morgan fingerprint density at radius 2 is 2.04 bits per heavy atom. The molecule has 3 heterocycles. The van der Waals surface area contributed by atoms with E-state index in [2.05, 4.69) is 15.5 Å². The summed E-state index contributed by atoms with van der Waals surface area (Å²) in [6, 6.07) is 3.72. The molecule has 0 radical (unpaired) electrons. The van der Waals surface area contributed by atoms with Crippen molar-refractivity contribution in [1.82, 2.24) is 15.5 Å². The molecular weight excluding hydrogens is 342 g/mol. The molecule has 0 bridgehead atoms. The third-order valence-electron chi connectivity index (χ3n) is 3.80. The van der Waals surface area contributed by atoms with Gasteiger partial charge in [-0.2, -0.15) is 0 Å². The molecule has 1 amide bonds. The summed E-state index contributed by atoms with van der Waals surface area (Å²) in [4.78, 5) is 29.9. The third-order valence-corrected chi connectivity index (χ3v) is 4.77. The minimum Gasteiger partial charge on any atom is -0.481 e. The van der Waals surface area contributed by atoms with Crippen LogP contribution in [-0.2, 0) is 4.79 Å². The number of pyridine rings is 1. The zero-order chi connectivity index (χ0) is 18.1. The van der Waals surface area contributed by atoms with E-state index in [-0.39, 0.29) is 18.9 Å². The zero-order valence-electron chi connectivity index (χ0n) is 14.0. The second kappa shape index (κ2) is 6.64. The van der Waals surface area contributed by atoms with Crippen LogP contribution in [0.1, 0.15) is 32.2 Å². The number of amides is 1. The number of thiophene rings is 1. The van der Waals surface area contributed by atoms with Gasteiger partial charge in [0.15, 0.2) is 0 Å². The molecule has 25 heavy (non-hydrogen) atoms. The fourth-order valence-electron chi connectivity index (χ4n) is 2.68. The van der Waals surface area contributed by atoms with E-state index >= 15 is 0 Å². The van der Waals surface area contributed by atoms with Crippen LogP contribution in [0.2, 0.25) is 0 Å².